The van der Waals surface area contributed by atoms with Gasteiger partial charge >= 0.3 is 5.69 Å². The summed E-state index contributed by atoms with van der Waals surface area (Å²) in [6.45, 7) is 2.34. The van der Waals surface area contributed by atoms with Crippen LogP contribution in [0.4, 0.5) is 4.39 Å². The molecule has 32 heavy (non-hydrogen) atoms. The summed E-state index contributed by atoms with van der Waals surface area (Å²) in [5, 5.41) is 26.7. The van der Waals surface area contributed by atoms with Crippen molar-refractivity contribution in [1.29, 1.82) is 0 Å². The lowest BCUT2D eigenvalue weighted by Gasteiger charge is -2.16. The second-order valence-electron chi connectivity index (χ2n) is 7.39. The number of nitrogens with zero attached hydrogens (tertiary/aromatic N) is 5. The second-order valence-corrected chi connectivity index (χ2v) is 8.82. The topological polar surface area (TPSA) is 134 Å². The minimum atomic E-state index is -0.722. The summed E-state index contributed by atoms with van der Waals surface area (Å²) in [6.07, 6.45) is 2.72. The lowest BCUT2D eigenvalue weighted by atomic mass is 10.2. The zero-order valence-corrected chi connectivity index (χ0v) is 18.6. The van der Waals surface area contributed by atoms with Crippen molar-refractivity contribution < 1.29 is 24.1 Å². The monoisotopic (exact) mass is 472 g/mol. The van der Waals surface area contributed by atoms with Gasteiger partial charge in [0.05, 0.1) is 69.0 Å². The van der Waals surface area contributed by atoms with Gasteiger partial charge in [0, 0.05) is 18.2 Å². The Balaban J connectivity index is 1.65. The SMILES string of the molecule is Cc1cn(C2CC(O)[C@@H](CO)S2)c(=O)n(Cc2cn(CCOCCOCC[18F])nn2)c1=O. The van der Waals surface area contributed by atoms with Gasteiger partial charge in [0.1, 0.15) is 12.4 Å². The van der Waals surface area contributed by atoms with Gasteiger partial charge in [-0.25, -0.2) is 13.9 Å². The van der Waals surface area contributed by atoms with Crippen LogP contribution in [-0.4, -0.2) is 85.4 Å². The number of aliphatic hydroxyl groups excluding tert-OH is 2. The molecule has 2 aromatic heterocycles. The van der Waals surface area contributed by atoms with Crippen molar-refractivity contribution in [2.45, 2.75) is 43.2 Å². The Morgan fingerprint density at radius 2 is 1.97 bits per heavy atom. The molecular formula is C19H28FN5O6S. The van der Waals surface area contributed by atoms with Crippen LogP contribution in [0.1, 0.15) is 23.1 Å². The van der Waals surface area contributed by atoms with Crippen LogP contribution in [0.5, 0.6) is 0 Å². The van der Waals surface area contributed by atoms with Crippen LogP contribution in [-0.2, 0) is 22.6 Å². The average molecular weight is 473 g/mol. The summed E-state index contributed by atoms with van der Waals surface area (Å²) in [7, 11) is 0. The predicted molar refractivity (Wildman–Crippen MR) is 115 cm³/mol. The van der Waals surface area contributed by atoms with E-state index in [1.807, 2.05) is 0 Å². The summed E-state index contributed by atoms with van der Waals surface area (Å²) in [4.78, 5) is 25.6. The Morgan fingerprint density at radius 1 is 1.22 bits per heavy atom. The number of aliphatic hydroxyl groups is 2. The van der Waals surface area contributed by atoms with Gasteiger partial charge in [0.15, 0.2) is 0 Å². The van der Waals surface area contributed by atoms with E-state index in [0.29, 0.717) is 44.0 Å². The van der Waals surface area contributed by atoms with Gasteiger partial charge in [-0.3, -0.25) is 13.9 Å². The van der Waals surface area contributed by atoms with Gasteiger partial charge < -0.3 is 19.7 Å². The molecule has 2 aromatic rings. The number of ether oxygens (including phenoxy) is 2. The number of aryl methyl sites for hydroxylation is 1. The molecule has 3 rings (SSSR count). The molecule has 11 nitrogen and oxygen atoms in total. The number of alkyl halides is 1. The molecule has 13 heteroatoms. The van der Waals surface area contributed by atoms with E-state index in [2.05, 4.69) is 10.3 Å². The van der Waals surface area contributed by atoms with Crippen molar-refractivity contribution in [3.63, 3.8) is 0 Å². The smallest absolute Gasteiger partial charge is 0.332 e. The minimum absolute atomic E-state index is 0.0410. The highest BCUT2D eigenvalue weighted by Gasteiger charge is 2.35. The van der Waals surface area contributed by atoms with Gasteiger partial charge in [-0.15, -0.1) is 16.9 Å². The molecule has 0 radical (unpaired) electrons. The summed E-state index contributed by atoms with van der Waals surface area (Å²) in [6, 6.07) is 0. The van der Waals surface area contributed by atoms with Crippen LogP contribution < -0.4 is 11.2 Å². The first-order valence-electron chi connectivity index (χ1n) is 10.3. The number of rotatable bonds is 12. The predicted octanol–water partition coefficient (Wildman–Crippen LogP) is -0.682. The minimum Gasteiger partial charge on any atom is -0.395 e. The number of halogens is 1. The fourth-order valence-electron chi connectivity index (χ4n) is 3.37. The van der Waals surface area contributed by atoms with Crippen molar-refractivity contribution >= 4 is 11.8 Å². The van der Waals surface area contributed by atoms with E-state index in [1.54, 1.807) is 17.8 Å². The Morgan fingerprint density at radius 3 is 2.66 bits per heavy atom. The molecular weight excluding hydrogens is 444 g/mol. The molecule has 2 N–H and O–H groups in total. The molecule has 3 atom stereocenters. The van der Waals surface area contributed by atoms with Crippen molar-refractivity contribution in [2.75, 3.05) is 39.7 Å². The highest BCUT2D eigenvalue weighted by Crippen LogP contribution is 2.40. The van der Waals surface area contributed by atoms with Crippen molar-refractivity contribution in [3.05, 3.63) is 44.5 Å². The Hall–Kier alpha value is -2.06. The zero-order chi connectivity index (χ0) is 23.1. The van der Waals surface area contributed by atoms with Crippen molar-refractivity contribution in [2.24, 2.45) is 0 Å². The highest BCUT2D eigenvalue weighted by atomic mass is 32.2. The second kappa shape index (κ2) is 11.7. The third kappa shape index (κ3) is 6.04. The Kier molecular flexibility index (Phi) is 8.99. The average Bonchev–Trinajstić information content (AvgIpc) is 3.39. The van der Waals surface area contributed by atoms with Crippen LogP contribution in [0.2, 0.25) is 0 Å². The van der Waals surface area contributed by atoms with E-state index in [9.17, 15) is 24.2 Å². The number of hydrogen-bond acceptors (Lipinski definition) is 9. The van der Waals surface area contributed by atoms with Gasteiger partial charge in [-0.1, -0.05) is 5.21 Å². The van der Waals surface area contributed by atoms with E-state index in [1.165, 1.54) is 22.5 Å². The first-order chi connectivity index (χ1) is 15.4. The van der Waals surface area contributed by atoms with Gasteiger partial charge in [-0.05, 0) is 6.92 Å². The van der Waals surface area contributed by atoms with Crippen LogP contribution in [0.25, 0.3) is 0 Å². The summed E-state index contributed by atoms with van der Waals surface area (Å²) in [5.41, 5.74) is -0.0856. The molecule has 0 aromatic carbocycles. The maximum atomic E-state index is 13.0. The molecule has 0 amide bonds. The first-order valence-corrected chi connectivity index (χ1v) is 11.3. The van der Waals surface area contributed by atoms with E-state index in [4.69, 9.17) is 9.47 Å². The molecule has 0 saturated carbocycles. The molecule has 2 unspecified atom stereocenters. The van der Waals surface area contributed by atoms with Crippen molar-refractivity contribution in [1.82, 2.24) is 24.1 Å². The Labute approximate surface area is 187 Å². The third-order valence-electron chi connectivity index (χ3n) is 5.03. The molecule has 1 saturated heterocycles. The lowest BCUT2D eigenvalue weighted by molar-refractivity contribution is 0.0393. The fraction of sp³-hybridized carbons (Fsp3) is 0.684. The standard InChI is InChI=1S/C19H28FN5O6S/c1-13-9-24(17-8-15(27)16(12-26)32-17)19(29)25(18(13)28)11-14-10-23(22-21-14)3-5-31-7-6-30-4-2-20/h9-10,15-17,26-27H,2-8,11-12H2,1H3/t15?,16-,17?/m1/s1/i20-1. The van der Waals surface area contributed by atoms with Crippen LogP contribution >= 0.6 is 11.8 Å². The van der Waals surface area contributed by atoms with Gasteiger partial charge in [0.2, 0.25) is 0 Å². The summed E-state index contributed by atoms with van der Waals surface area (Å²) in [5.74, 6) is 0. The third-order valence-corrected chi connectivity index (χ3v) is 6.57. The van der Waals surface area contributed by atoms with E-state index >= 15 is 0 Å². The zero-order valence-electron chi connectivity index (χ0n) is 17.8. The fourth-order valence-corrected chi connectivity index (χ4v) is 4.74. The lowest BCUT2D eigenvalue weighted by Crippen LogP contribution is -2.41. The number of aromatic nitrogens is 5. The summed E-state index contributed by atoms with van der Waals surface area (Å²) >= 11 is 1.31. The molecule has 0 aliphatic carbocycles. The van der Waals surface area contributed by atoms with Crippen LogP contribution in [0.15, 0.2) is 22.0 Å². The summed E-state index contributed by atoms with van der Waals surface area (Å²) < 4.78 is 26.4. The molecule has 0 bridgehead atoms. The van der Waals surface area contributed by atoms with Crippen molar-refractivity contribution in [3.8, 4) is 0 Å². The highest BCUT2D eigenvalue weighted by molar-refractivity contribution is 8.00. The molecule has 3 heterocycles. The van der Waals surface area contributed by atoms with Crippen LogP contribution in [0.3, 0.4) is 0 Å². The van der Waals surface area contributed by atoms with Gasteiger partial charge in [-0.2, -0.15) is 0 Å². The number of thioether (sulfide) groups is 1. The van der Waals surface area contributed by atoms with E-state index in [-0.39, 0.29) is 30.4 Å². The first kappa shape index (κ1) is 24.6. The maximum absolute atomic E-state index is 13.0. The molecule has 1 fully saturated rings. The largest absolute Gasteiger partial charge is 0.395 e. The normalized spacial score (nSPS) is 20.8. The molecule has 1 aliphatic rings. The number of hydrogen-bond donors (Lipinski definition) is 2. The quantitative estimate of drug-likeness (QED) is 0.385. The molecule has 178 valence electrons. The van der Waals surface area contributed by atoms with Crippen LogP contribution in [0, 0.1) is 6.92 Å². The van der Waals surface area contributed by atoms with E-state index in [0.717, 1.165) is 4.57 Å². The maximum Gasteiger partial charge on any atom is 0.332 e. The van der Waals surface area contributed by atoms with Gasteiger partial charge in [0.25, 0.3) is 5.56 Å². The Bertz CT molecular complexity index is 995. The molecule has 1 aliphatic heterocycles. The molecule has 0 spiro atoms. The van der Waals surface area contributed by atoms with E-state index < -0.39 is 24.0 Å².